The maximum Gasteiger partial charge on any atom is 0.237 e. The topological polar surface area (TPSA) is 52.9 Å². The molecule has 0 aromatic heterocycles. The summed E-state index contributed by atoms with van der Waals surface area (Å²) >= 11 is 1.80. The van der Waals surface area contributed by atoms with Gasteiger partial charge in [-0.05, 0) is 26.0 Å². The summed E-state index contributed by atoms with van der Waals surface area (Å²) < 4.78 is 0. The van der Waals surface area contributed by atoms with E-state index in [-0.39, 0.29) is 11.9 Å². The number of nitrogens with zero attached hydrogens (tertiary/aromatic N) is 1. The van der Waals surface area contributed by atoms with Crippen LogP contribution < -0.4 is 5.32 Å². The first-order valence-electron chi connectivity index (χ1n) is 4.91. The number of nitrogens with one attached hydrogen (secondary N) is 1. The molecule has 4 heteroatoms. The van der Waals surface area contributed by atoms with E-state index in [0.29, 0.717) is 5.25 Å². The van der Waals surface area contributed by atoms with Crippen LogP contribution in [-0.4, -0.2) is 23.5 Å². The highest BCUT2D eigenvalue weighted by Crippen LogP contribution is 2.28. The molecule has 0 saturated heterocycles. The molecular formula is C10H16N2OS. The highest BCUT2D eigenvalue weighted by atomic mass is 32.2. The quantitative estimate of drug-likeness (QED) is 0.772. The molecule has 0 radical (unpaired) electrons. The second-order valence-corrected chi connectivity index (χ2v) is 4.75. The number of hydrogen-bond donors (Lipinski definition) is 1. The molecule has 3 atom stereocenters. The second-order valence-electron chi connectivity index (χ2n) is 3.67. The molecule has 0 aromatic rings. The third-order valence-electron chi connectivity index (χ3n) is 2.67. The lowest BCUT2D eigenvalue weighted by Crippen LogP contribution is -2.41. The minimum Gasteiger partial charge on any atom is -0.351 e. The number of carbonyl (C=O) groups is 1. The van der Waals surface area contributed by atoms with Gasteiger partial charge in [0, 0.05) is 11.3 Å². The Morgan fingerprint density at radius 2 is 2.36 bits per heavy atom. The van der Waals surface area contributed by atoms with Crippen LogP contribution in [0.2, 0.25) is 0 Å². The maximum absolute atomic E-state index is 11.4. The predicted octanol–water partition coefficient (Wildman–Crippen LogP) is 1.55. The van der Waals surface area contributed by atoms with E-state index in [1.807, 2.05) is 6.07 Å². The standard InChI is InChI=1S/C10H16N2OS/c1-7(6-11)10(13)12-8-4-3-5-9(8)14-2/h7-9H,3-5H2,1-2H3,(H,12,13). The van der Waals surface area contributed by atoms with Gasteiger partial charge in [-0.25, -0.2) is 0 Å². The van der Waals surface area contributed by atoms with Crippen LogP contribution in [0.5, 0.6) is 0 Å². The van der Waals surface area contributed by atoms with Gasteiger partial charge in [-0.1, -0.05) is 6.42 Å². The van der Waals surface area contributed by atoms with Gasteiger partial charge in [0.15, 0.2) is 0 Å². The number of hydrogen-bond acceptors (Lipinski definition) is 3. The first-order valence-corrected chi connectivity index (χ1v) is 6.20. The Balaban J connectivity index is 2.44. The average molecular weight is 212 g/mol. The van der Waals surface area contributed by atoms with Gasteiger partial charge in [0.2, 0.25) is 5.91 Å². The van der Waals surface area contributed by atoms with Crippen molar-refractivity contribution in [2.75, 3.05) is 6.26 Å². The van der Waals surface area contributed by atoms with E-state index in [4.69, 9.17) is 5.26 Å². The normalized spacial score (nSPS) is 28.1. The molecule has 1 fully saturated rings. The number of thioether (sulfide) groups is 1. The minimum atomic E-state index is -0.530. The van der Waals surface area contributed by atoms with Crippen LogP contribution in [0.15, 0.2) is 0 Å². The molecule has 14 heavy (non-hydrogen) atoms. The summed E-state index contributed by atoms with van der Waals surface area (Å²) in [7, 11) is 0. The van der Waals surface area contributed by atoms with Gasteiger partial charge in [-0.2, -0.15) is 17.0 Å². The van der Waals surface area contributed by atoms with E-state index >= 15 is 0 Å². The summed E-state index contributed by atoms with van der Waals surface area (Å²) in [6.07, 6.45) is 5.47. The molecular weight excluding hydrogens is 196 g/mol. The molecule has 0 aliphatic heterocycles. The van der Waals surface area contributed by atoms with Crippen molar-refractivity contribution in [1.29, 1.82) is 5.26 Å². The fraction of sp³-hybridized carbons (Fsp3) is 0.800. The van der Waals surface area contributed by atoms with Crippen molar-refractivity contribution in [2.45, 2.75) is 37.5 Å². The maximum atomic E-state index is 11.4. The zero-order valence-electron chi connectivity index (χ0n) is 8.62. The smallest absolute Gasteiger partial charge is 0.237 e. The van der Waals surface area contributed by atoms with Crippen molar-refractivity contribution >= 4 is 17.7 Å². The lowest BCUT2D eigenvalue weighted by atomic mass is 10.1. The molecule has 1 saturated carbocycles. The van der Waals surface area contributed by atoms with Crippen molar-refractivity contribution in [3.05, 3.63) is 0 Å². The Morgan fingerprint density at radius 1 is 1.64 bits per heavy atom. The minimum absolute atomic E-state index is 0.126. The molecule has 3 nitrogen and oxygen atoms in total. The van der Waals surface area contributed by atoms with Crippen molar-refractivity contribution < 1.29 is 4.79 Å². The van der Waals surface area contributed by atoms with Crippen molar-refractivity contribution in [2.24, 2.45) is 5.92 Å². The average Bonchev–Trinajstić information content (AvgIpc) is 2.63. The Labute approximate surface area is 89.2 Å². The van der Waals surface area contributed by atoms with Crippen LogP contribution >= 0.6 is 11.8 Å². The fourth-order valence-corrected chi connectivity index (χ4v) is 2.67. The highest BCUT2D eigenvalue weighted by molar-refractivity contribution is 7.99. The van der Waals surface area contributed by atoms with E-state index in [0.717, 1.165) is 6.42 Å². The third-order valence-corrected chi connectivity index (χ3v) is 3.84. The summed E-state index contributed by atoms with van der Waals surface area (Å²) in [4.78, 5) is 11.4. The Hall–Kier alpha value is -0.690. The van der Waals surface area contributed by atoms with E-state index in [1.54, 1.807) is 18.7 Å². The van der Waals surface area contributed by atoms with E-state index in [1.165, 1.54) is 12.8 Å². The monoisotopic (exact) mass is 212 g/mol. The predicted molar refractivity (Wildman–Crippen MR) is 57.9 cm³/mol. The molecule has 1 amide bonds. The summed E-state index contributed by atoms with van der Waals surface area (Å²) in [5, 5.41) is 12.1. The Kier molecular flexibility index (Phi) is 4.27. The van der Waals surface area contributed by atoms with Gasteiger partial charge in [-0.3, -0.25) is 4.79 Å². The van der Waals surface area contributed by atoms with Gasteiger partial charge < -0.3 is 5.32 Å². The van der Waals surface area contributed by atoms with Crippen molar-refractivity contribution in [3.8, 4) is 6.07 Å². The summed E-state index contributed by atoms with van der Waals surface area (Å²) in [5.41, 5.74) is 0. The van der Waals surface area contributed by atoms with E-state index in [9.17, 15) is 4.79 Å². The molecule has 3 unspecified atom stereocenters. The first-order chi connectivity index (χ1) is 6.69. The Bertz CT molecular complexity index is 249. The summed E-state index contributed by atoms with van der Waals surface area (Å²) in [6.45, 7) is 1.64. The van der Waals surface area contributed by atoms with Gasteiger partial charge in [-0.15, -0.1) is 0 Å². The molecule has 1 N–H and O–H groups in total. The first kappa shape index (κ1) is 11.4. The lowest BCUT2D eigenvalue weighted by molar-refractivity contribution is -0.123. The van der Waals surface area contributed by atoms with Gasteiger partial charge >= 0.3 is 0 Å². The number of rotatable bonds is 3. The van der Waals surface area contributed by atoms with Gasteiger partial charge in [0.25, 0.3) is 0 Å². The summed E-state index contributed by atoms with van der Waals surface area (Å²) in [6, 6.07) is 2.22. The lowest BCUT2D eigenvalue weighted by Gasteiger charge is -2.19. The second kappa shape index (κ2) is 5.26. The third kappa shape index (κ3) is 2.65. The Morgan fingerprint density at radius 3 is 2.93 bits per heavy atom. The van der Waals surface area contributed by atoms with E-state index < -0.39 is 5.92 Å². The molecule has 78 valence electrons. The molecule has 1 rings (SSSR count). The van der Waals surface area contributed by atoms with Crippen LogP contribution in [0.3, 0.4) is 0 Å². The molecule has 0 heterocycles. The van der Waals surface area contributed by atoms with Crippen molar-refractivity contribution in [1.82, 2.24) is 5.32 Å². The van der Waals surface area contributed by atoms with Crippen LogP contribution in [0.25, 0.3) is 0 Å². The largest absolute Gasteiger partial charge is 0.351 e. The van der Waals surface area contributed by atoms with Crippen LogP contribution in [0, 0.1) is 17.2 Å². The van der Waals surface area contributed by atoms with Crippen molar-refractivity contribution in [3.63, 3.8) is 0 Å². The molecule has 0 bridgehead atoms. The summed E-state index contributed by atoms with van der Waals surface area (Å²) in [5.74, 6) is -0.656. The number of nitriles is 1. The van der Waals surface area contributed by atoms with Gasteiger partial charge in [0.05, 0.1) is 6.07 Å². The SMILES string of the molecule is CSC1CCCC1NC(=O)C(C)C#N. The number of amides is 1. The molecule has 0 spiro atoms. The molecule has 1 aliphatic rings. The van der Waals surface area contributed by atoms with Crippen LogP contribution in [0.1, 0.15) is 26.2 Å². The number of carbonyl (C=O) groups excluding carboxylic acids is 1. The van der Waals surface area contributed by atoms with Crippen LogP contribution in [0.4, 0.5) is 0 Å². The van der Waals surface area contributed by atoms with Gasteiger partial charge in [0.1, 0.15) is 5.92 Å². The van der Waals surface area contributed by atoms with Crippen LogP contribution in [-0.2, 0) is 4.79 Å². The zero-order chi connectivity index (χ0) is 10.6. The van der Waals surface area contributed by atoms with E-state index in [2.05, 4.69) is 11.6 Å². The zero-order valence-corrected chi connectivity index (χ0v) is 9.43. The fourth-order valence-electron chi connectivity index (χ4n) is 1.74. The molecule has 1 aliphatic carbocycles. The highest BCUT2D eigenvalue weighted by Gasteiger charge is 2.28. The molecule has 0 aromatic carbocycles.